The molecule has 0 spiro atoms. The summed E-state index contributed by atoms with van der Waals surface area (Å²) in [6.45, 7) is 6.47. The van der Waals surface area contributed by atoms with Gasteiger partial charge >= 0.3 is 17.9 Å². The second kappa shape index (κ2) is 55.9. The fourth-order valence-electron chi connectivity index (χ4n) is 7.59. The van der Waals surface area contributed by atoms with E-state index in [-0.39, 0.29) is 31.1 Å². The highest BCUT2D eigenvalue weighted by Gasteiger charge is 2.19. The van der Waals surface area contributed by atoms with Gasteiger partial charge in [0.1, 0.15) is 13.2 Å². The Kier molecular flexibility index (Phi) is 52.9. The first-order valence-electron chi connectivity index (χ1n) is 28.2. The Morgan fingerprint density at radius 1 is 0.309 bits per heavy atom. The Morgan fingerprint density at radius 3 is 0.926 bits per heavy atom. The van der Waals surface area contributed by atoms with E-state index in [1.807, 2.05) is 0 Å². The van der Waals surface area contributed by atoms with E-state index < -0.39 is 6.10 Å². The highest BCUT2D eigenvalue weighted by Crippen LogP contribution is 2.14. The van der Waals surface area contributed by atoms with Gasteiger partial charge in [0.15, 0.2) is 6.10 Å². The molecule has 6 heteroatoms. The predicted molar refractivity (Wildman–Crippen MR) is 293 cm³/mol. The molecule has 0 rings (SSSR count). The van der Waals surface area contributed by atoms with Crippen molar-refractivity contribution in [1.29, 1.82) is 0 Å². The monoisotopic (exact) mass is 945 g/mol. The summed E-state index contributed by atoms with van der Waals surface area (Å²) in [6.07, 6.45) is 74.0. The third kappa shape index (κ3) is 53.3. The van der Waals surface area contributed by atoms with E-state index in [1.165, 1.54) is 96.3 Å². The van der Waals surface area contributed by atoms with Crippen LogP contribution in [0.4, 0.5) is 0 Å². The SMILES string of the molecule is CC/C=C\C/C=C\C/C=C\C/C=C\C/C=C\C/C=C\C/C=C\CCCCCC(=O)OCC(COC(=O)CCCCCCCCCCCC)OC(=O)CCCCCCC/C=C\CCCCCCCC. The quantitative estimate of drug-likeness (QED) is 0.0262. The van der Waals surface area contributed by atoms with Gasteiger partial charge in [-0.1, -0.05) is 234 Å². The van der Waals surface area contributed by atoms with Crippen molar-refractivity contribution in [2.45, 2.75) is 264 Å². The van der Waals surface area contributed by atoms with Crippen LogP contribution in [-0.4, -0.2) is 37.2 Å². The number of unbranched alkanes of at least 4 members (excludes halogenated alkanes) is 23. The number of allylic oxidation sites excluding steroid dienone is 16. The maximum absolute atomic E-state index is 12.8. The molecule has 0 aromatic carbocycles. The lowest BCUT2D eigenvalue weighted by Gasteiger charge is -2.18. The first-order chi connectivity index (χ1) is 33.5. The minimum absolute atomic E-state index is 0.0904. The predicted octanol–water partition coefficient (Wildman–Crippen LogP) is 18.9. The molecule has 0 aliphatic rings. The van der Waals surface area contributed by atoms with Crippen molar-refractivity contribution < 1.29 is 28.6 Å². The molecule has 6 nitrogen and oxygen atoms in total. The Labute approximate surface area is 419 Å². The molecule has 0 aliphatic heterocycles. The van der Waals surface area contributed by atoms with Crippen LogP contribution in [0.5, 0.6) is 0 Å². The lowest BCUT2D eigenvalue weighted by molar-refractivity contribution is -0.167. The van der Waals surface area contributed by atoms with Crippen molar-refractivity contribution in [1.82, 2.24) is 0 Å². The first-order valence-corrected chi connectivity index (χ1v) is 28.2. The van der Waals surface area contributed by atoms with E-state index in [4.69, 9.17) is 14.2 Å². The van der Waals surface area contributed by atoms with Gasteiger partial charge < -0.3 is 14.2 Å². The minimum Gasteiger partial charge on any atom is -0.462 e. The number of carbonyl (C=O) groups excluding carboxylic acids is 3. The van der Waals surface area contributed by atoms with Crippen LogP contribution in [0.15, 0.2) is 97.2 Å². The molecule has 0 saturated heterocycles. The van der Waals surface area contributed by atoms with Crippen LogP contribution < -0.4 is 0 Å². The highest BCUT2D eigenvalue weighted by molar-refractivity contribution is 5.71. The second-order valence-electron chi connectivity index (χ2n) is 18.5. The zero-order chi connectivity index (χ0) is 49.3. The Hall–Kier alpha value is -3.67. The van der Waals surface area contributed by atoms with Gasteiger partial charge in [-0.05, 0) is 103 Å². The average molecular weight is 946 g/mol. The van der Waals surface area contributed by atoms with E-state index in [9.17, 15) is 14.4 Å². The molecular formula is C62H104O6. The third-order valence-electron chi connectivity index (χ3n) is 11.8. The molecule has 0 amide bonds. The van der Waals surface area contributed by atoms with E-state index in [2.05, 4.69) is 118 Å². The summed E-state index contributed by atoms with van der Waals surface area (Å²) in [4.78, 5) is 38.0. The van der Waals surface area contributed by atoms with Crippen LogP contribution in [0.25, 0.3) is 0 Å². The normalized spacial score (nSPS) is 12.8. The van der Waals surface area contributed by atoms with Gasteiger partial charge in [-0.3, -0.25) is 14.4 Å². The van der Waals surface area contributed by atoms with Gasteiger partial charge in [0, 0.05) is 19.3 Å². The zero-order valence-corrected chi connectivity index (χ0v) is 44.3. The van der Waals surface area contributed by atoms with Gasteiger partial charge in [-0.25, -0.2) is 0 Å². The molecule has 0 aromatic heterocycles. The van der Waals surface area contributed by atoms with E-state index in [0.29, 0.717) is 19.3 Å². The first kappa shape index (κ1) is 64.3. The smallest absolute Gasteiger partial charge is 0.306 e. The molecule has 1 unspecified atom stereocenters. The number of carbonyl (C=O) groups is 3. The molecule has 0 aliphatic carbocycles. The standard InChI is InChI=1S/C62H104O6/c1-4-7-10-13-16-19-22-24-26-27-28-29-30-31-32-33-34-35-37-38-40-43-46-49-52-55-61(64)67-58-59(57-66-60(63)54-51-48-45-42-21-18-15-12-9-6-3)68-62(65)56-53-50-47-44-41-39-36-25-23-20-17-14-11-8-5-2/h7,10,16,19,24-26,28-29,31-32,34-36,38,40,59H,4-6,8-9,11-15,17-18,20-23,27,30,33,37,39,41-58H2,1-3H3/b10-7-,19-16-,26-24-,29-28-,32-31-,35-34-,36-25-,40-38-. The van der Waals surface area contributed by atoms with Crippen molar-refractivity contribution in [3.8, 4) is 0 Å². The summed E-state index contributed by atoms with van der Waals surface area (Å²) in [7, 11) is 0. The fourth-order valence-corrected chi connectivity index (χ4v) is 7.59. The molecule has 0 saturated carbocycles. The topological polar surface area (TPSA) is 78.9 Å². The molecule has 68 heavy (non-hydrogen) atoms. The van der Waals surface area contributed by atoms with Crippen LogP contribution in [0.3, 0.4) is 0 Å². The fraction of sp³-hybridized carbons (Fsp3) is 0.694. The van der Waals surface area contributed by atoms with E-state index >= 15 is 0 Å². The van der Waals surface area contributed by atoms with Crippen molar-refractivity contribution in [3.05, 3.63) is 97.2 Å². The molecular weight excluding hydrogens is 841 g/mol. The van der Waals surface area contributed by atoms with Gasteiger partial charge in [-0.15, -0.1) is 0 Å². The number of ether oxygens (including phenoxy) is 3. The number of esters is 3. The van der Waals surface area contributed by atoms with Gasteiger partial charge in [0.2, 0.25) is 0 Å². The van der Waals surface area contributed by atoms with Crippen molar-refractivity contribution in [3.63, 3.8) is 0 Å². The summed E-state index contributed by atoms with van der Waals surface area (Å²) < 4.78 is 16.8. The van der Waals surface area contributed by atoms with Crippen LogP contribution in [0, 0.1) is 0 Å². The van der Waals surface area contributed by atoms with Crippen molar-refractivity contribution in [2.75, 3.05) is 13.2 Å². The summed E-state index contributed by atoms with van der Waals surface area (Å²) >= 11 is 0. The number of rotatable bonds is 50. The Balaban J connectivity index is 4.38. The largest absolute Gasteiger partial charge is 0.462 e. The van der Waals surface area contributed by atoms with E-state index in [1.54, 1.807) is 0 Å². The summed E-state index contributed by atoms with van der Waals surface area (Å²) in [5.74, 6) is -0.933. The Morgan fingerprint density at radius 2 is 0.574 bits per heavy atom. The van der Waals surface area contributed by atoms with Crippen molar-refractivity contribution >= 4 is 17.9 Å². The molecule has 1 atom stereocenters. The maximum atomic E-state index is 12.8. The molecule has 0 fully saturated rings. The number of hydrogen-bond acceptors (Lipinski definition) is 6. The van der Waals surface area contributed by atoms with Crippen LogP contribution in [0.2, 0.25) is 0 Å². The van der Waals surface area contributed by atoms with Gasteiger partial charge in [0.05, 0.1) is 0 Å². The summed E-state index contributed by atoms with van der Waals surface area (Å²) in [5.41, 5.74) is 0. The van der Waals surface area contributed by atoms with Crippen LogP contribution in [0.1, 0.15) is 258 Å². The van der Waals surface area contributed by atoms with Crippen LogP contribution in [-0.2, 0) is 28.6 Å². The second-order valence-corrected chi connectivity index (χ2v) is 18.5. The lowest BCUT2D eigenvalue weighted by Crippen LogP contribution is -2.30. The molecule has 0 radical (unpaired) electrons. The van der Waals surface area contributed by atoms with Gasteiger partial charge in [0.25, 0.3) is 0 Å². The van der Waals surface area contributed by atoms with E-state index in [0.717, 1.165) is 122 Å². The molecule has 0 N–H and O–H groups in total. The molecule has 388 valence electrons. The van der Waals surface area contributed by atoms with Crippen molar-refractivity contribution in [2.24, 2.45) is 0 Å². The molecule has 0 aromatic rings. The maximum Gasteiger partial charge on any atom is 0.306 e. The third-order valence-corrected chi connectivity index (χ3v) is 11.8. The summed E-state index contributed by atoms with van der Waals surface area (Å²) in [5, 5.41) is 0. The number of hydrogen-bond donors (Lipinski definition) is 0. The zero-order valence-electron chi connectivity index (χ0n) is 44.3. The summed E-state index contributed by atoms with van der Waals surface area (Å²) in [6, 6.07) is 0. The highest BCUT2D eigenvalue weighted by atomic mass is 16.6. The minimum atomic E-state index is -0.794. The average Bonchev–Trinajstić information content (AvgIpc) is 3.34. The molecule has 0 bridgehead atoms. The molecule has 0 heterocycles. The van der Waals surface area contributed by atoms with Gasteiger partial charge in [-0.2, -0.15) is 0 Å². The lowest BCUT2D eigenvalue weighted by atomic mass is 10.1. The van der Waals surface area contributed by atoms with Crippen LogP contribution >= 0.6 is 0 Å². The Bertz CT molecular complexity index is 1360.